The highest BCUT2D eigenvalue weighted by Crippen LogP contribution is 2.24. The van der Waals surface area contributed by atoms with E-state index in [-0.39, 0.29) is 0 Å². The summed E-state index contributed by atoms with van der Waals surface area (Å²) in [4.78, 5) is 2.52. The van der Waals surface area contributed by atoms with Crippen LogP contribution in [0.15, 0.2) is 30.3 Å². The third-order valence-corrected chi connectivity index (χ3v) is 6.98. The number of nitrogens with zero attached hydrogens (tertiary/aromatic N) is 1. The summed E-state index contributed by atoms with van der Waals surface area (Å²) in [6, 6.07) is 11.5. The van der Waals surface area contributed by atoms with E-state index >= 15 is 0 Å². The molecule has 20 heavy (non-hydrogen) atoms. The lowest BCUT2D eigenvalue weighted by Gasteiger charge is -2.35. The fourth-order valence-electron chi connectivity index (χ4n) is 2.93. The highest BCUT2D eigenvalue weighted by atomic mass is 32.2. The quantitative estimate of drug-likeness (QED) is 0.919. The van der Waals surface area contributed by atoms with Crippen molar-refractivity contribution in [1.29, 1.82) is 0 Å². The first kappa shape index (κ1) is 14.6. The van der Waals surface area contributed by atoms with Gasteiger partial charge in [0.25, 0.3) is 0 Å². The van der Waals surface area contributed by atoms with Crippen molar-refractivity contribution in [2.24, 2.45) is 0 Å². The largest absolute Gasteiger partial charge is 0.371 e. The van der Waals surface area contributed by atoms with Crippen molar-refractivity contribution in [3.8, 4) is 0 Å². The van der Waals surface area contributed by atoms with Crippen LogP contribution in [0, 0.1) is 0 Å². The van der Waals surface area contributed by atoms with Crippen LogP contribution >= 0.6 is 23.5 Å². The molecule has 0 aromatic heterocycles. The van der Waals surface area contributed by atoms with Crippen LogP contribution in [0.5, 0.6) is 0 Å². The van der Waals surface area contributed by atoms with E-state index in [1.165, 1.54) is 55.4 Å². The Morgan fingerprint density at radius 2 is 1.90 bits per heavy atom. The van der Waals surface area contributed by atoms with E-state index in [2.05, 4.69) is 64.1 Å². The fourth-order valence-corrected chi connectivity index (χ4v) is 5.56. The lowest BCUT2D eigenvalue weighted by atomic mass is 10.0. The molecule has 3 rings (SSSR count). The second-order valence-corrected chi connectivity index (χ2v) is 8.13. The van der Waals surface area contributed by atoms with Gasteiger partial charge < -0.3 is 10.2 Å². The molecule has 2 nitrogen and oxygen atoms in total. The van der Waals surface area contributed by atoms with E-state index in [1.54, 1.807) is 0 Å². The molecule has 1 atom stereocenters. The molecule has 0 saturated carbocycles. The number of para-hydroxylation sites is 1. The van der Waals surface area contributed by atoms with Crippen LogP contribution in [0.2, 0.25) is 0 Å². The molecule has 1 aromatic rings. The molecular weight excluding hydrogens is 284 g/mol. The van der Waals surface area contributed by atoms with E-state index in [9.17, 15) is 0 Å². The first-order valence-electron chi connectivity index (χ1n) is 7.64. The van der Waals surface area contributed by atoms with Gasteiger partial charge in [0.05, 0.1) is 0 Å². The van der Waals surface area contributed by atoms with E-state index in [4.69, 9.17) is 0 Å². The van der Waals surface area contributed by atoms with Crippen molar-refractivity contribution in [2.75, 3.05) is 41.8 Å². The zero-order chi connectivity index (χ0) is 13.6. The Morgan fingerprint density at radius 3 is 2.60 bits per heavy atom. The number of hydrogen-bond donors (Lipinski definition) is 1. The maximum Gasteiger partial charge on any atom is 0.0366 e. The zero-order valence-electron chi connectivity index (χ0n) is 12.0. The lowest BCUT2D eigenvalue weighted by Crippen LogP contribution is -2.44. The Hall–Kier alpha value is -0.320. The van der Waals surface area contributed by atoms with Gasteiger partial charge in [-0.05, 0) is 25.0 Å². The van der Waals surface area contributed by atoms with Crippen LogP contribution in [0.4, 0.5) is 5.69 Å². The lowest BCUT2D eigenvalue weighted by molar-refractivity contribution is 0.418. The number of benzene rings is 1. The summed E-state index contributed by atoms with van der Waals surface area (Å²) in [5.41, 5.74) is 1.38. The maximum atomic E-state index is 3.80. The molecule has 0 spiro atoms. The summed E-state index contributed by atoms with van der Waals surface area (Å²) in [5.74, 6) is 4.01. The smallest absolute Gasteiger partial charge is 0.0366 e. The highest BCUT2D eigenvalue weighted by molar-refractivity contribution is 8.06. The van der Waals surface area contributed by atoms with Gasteiger partial charge in [-0.15, -0.1) is 0 Å². The van der Waals surface area contributed by atoms with Crippen LogP contribution in [-0.2, 0) is 0 Å². The Labute approximate surface area is 131 Å². The first-order chi connectivity index (χ1) is 9.92. The molecule has 0 aliphatic carbocycles. The molecule has 0 amide bonds. The van der Waals surface area contributed by atoms with Crippen molar-refractivity contribution in [1.82, 2.24) is 5.32 Å². The van der Waals surface area contributed by atoms with Gasteiger partial charge in [0.1, 0.15) is 0 Å². The molecule has 0 radical (unpaired) electrons. The van der Waals surface area contributed by atoms with Gasteiger partial charge in [0.2, 0.25) is 0 Å². The predicted molar refractivity (Wildman–Crippen MR) is 93.3 cm³/mol. The SMILES string of the molecule is c1ccc(N2CCC(NCC3CSCCS3)CC2)cc1. The minimum atomic E-state index is 0.725. The minimum absolute atomic E-state index is 0.725. The topological polar surface area (TPSA) is 15.3 Å². The minimum Gasteiger partial charge on any atom is -0.371 e. The van der Waals surface area contributed by atoms with Crippen molar-refractivity contribution >= 4 is 29.2 Å². The van der Waals surface area contributed by atoms with Crippen molar-refractivity contribution in [3.63, 3.8) is 0 Å². The molecule has 2 heterocycles. The molecule has 1 unspecified atom stereocenters. The predicted octanol–water partition coefficient (Wildman–Crippen LogP) is 3.09. The standard InChI is InChI=1S/C16H24N2S2/c1-2-4-15(5-3-1)18-8-6-14(7-9-18)17-12-16-13-19-10-11-20-16/h1-5,14,16-17H,6-13H2. The van der Waals surface area contributed by atoms with E-state index in [1.807, 2.05) is 0 Å². The molecule has 110 valence electrons. The average molecular weight is 309 g/mol. The van der Waals surface area contributed by atoms with E-state index < -0.39 is 0 Å². The third kappa shape index (κ3) is 4.09. The number of hydrogen-bond acceptors (Lipinski definition) is 4. The monoisotopic (exact) mass is 308 g/mol. The number of thioether (sulfide) groups is 2. The second-order valence-electron chi connectivity index (χ2n) is 5.57. The summed E-state index contributed by atoms with van der Waals surface area (Å²) >= 11 is 4.27. The van der Waals surface area contributed by atoms with Crippen LogP contribution in [0.25, 0.3) is 0 Å². The molecule has 2 fully saturated rings. The van der Waals surface area contributed by atoms with Gasteiger partial charge in [-0.25, -0.2) is 0 Å². The maximum absolute atomic E-state index is 3.80. The Balaban J connectivity index is 1.40. The molecule has 0 bridgehead atoms. The molecule has 1 aromatic carbocycles. The molecule has 1 N–H and O–H groups in total. The third-order valence-electron chi connectivity index (χ3n) is 4.14. The first-order valence-corrected chi connectivity index (χ1v) is 9.85. The van der Waals surface area contributed by atoms with Gasteiger partial charge >= 0.3 is 0 Å². The van der Waals surface area contributed by atoms with Crippen LogP contribution in [-0.4, -0.2) is 48.2 Å². The van der Waals surface area contributed by atoms with E-state index in [0.29, 0.717) is 0 Å². The molecule has 4 heteroatoms. The van der Waals surface area contributed by atoms with E-state index in [0.717, 1.165) is 11.3 Å². The van der Waals surface area contributed by atoms with Crippen molar-refractivity contribution in [2.45, 2.75) is 24.1 Å². The Kier molecular flexibility index (Phi) is 5.57. The molecule has 2 saturated heterocycles. The summed E-state index contributed by atoms with van der Waals surface area (Å²) < 4.78 is 0. The number of rotatable bonds is 4. The molecule has 2 aliphatic heterocycles. The number of anilines is 1. The van der Waals surface area contributed by atoms with Gasteiger partial charge in [0, 0.05) is 53.9 Å². The Morgan fingerprint density at radius 1 is 1.10 bits per heavy atom. The summed E-state index contributed by atoms with van der Waals surface area (Å²) in [6.07, 6.45) is 2.55. The highest BCUT2D eigenvalue weighted by Gasteiger charge is 2.21. The summed E-state index contributed by atoms with van der Waals surface area (Å²) in [5, 5.41) is 4.64. The summed E-state index contributed by atoms with van der Waals surface area (Å²) in [6.45, 7) is 3.58. The second kappa shape index (κ2) is 7.62. The fraction of sp³-hybridized carbons (Fsp3) is 0.625. The van der Waals surface area contributed by atoms with Gasteiger partial charge in [-0.2, -0.15) is 23.5 Å². The number of nitrogens with one attached hydrogen (secondary N) is 1. The molecule has 2 aliphatic rings. The van der Waals surface area contributed by atoms with Crippen LogP contribution < -0.4 is 10.2 Å². The molecular formula is C16H24N2S2. The number of piperidine rings is 1. The average Bonchev–Trinajstić information content (AvgIpc) is 2.55. The van der Waals surface area contributed by atoms with Crippen molar-refractivity contribution in [3.05, 3.63) is 30.3 Å². The van der Waals surface area contributed by atoms with Crippen LogP contribution in [0.3, 0.4) is 0 Å². The summed E-state index contributed by atoms with van der Waals surface area (Å²) in [7, 11) is 0. The van der Waals surface area contributed by atoms with Gasteiger partial charge in [-0.1, -0.05) is 18.2 Å². The van der Waals surface area contributed by atoms with Crippen molar-refractivity contribution < 1.29 is 0 Å². The van der Waals surface area contributed by atoms with Gasteiger partial charge in [0.15, 0.2) is 0 Å². The normalized spacial score (nSPS) is 24.8. The van der Waals surface area contributed by atoms with Gasteiger partial charge in [-0.3, -0.25) is 0 Å². The Bertz CT molecular complexity index is 385. The van der Waals surface area contributed by atoms with Crippen LogP contribution in [0.1, 0.15) is 12.8 Å². The zero-order valence-corrected chi connectivity index (χ0v) is 13.6.